The molecule has 0 spiro atoms. The van der Waals surface area contributed by atoms with Crippen LogP contribution in [0.3, 0.4) is 0 Å². The van der Waals surface area contributed by atoms with Crippen LogP contribution < -0.4 is 10.2 Å². The molecule has 0 amide bonds. The summed E-state index contributed by atoms with van der Waals surface area (Å²) in [5, 5.41) is 3.37. The Morgan fingerprint density at radius 1 is 1.35 bits per heavy atom. The molecule has 3 heteroatoms. The minimum atomic E-state index is -0.0829. The van der Waals surface area contributed by atoms with E-state index in [1.807, 2.05) is 6.07 Å². The Bertz CT molecular complexity index is 427. The molecule has 0 bridgehead atoms. The highest BCUT2D eigenvalue weighted by Gasteiger charge is 2.30. The average molecular weight is 278 g/mol. The van der Waals surface area contributed by atoms with E-state index in [0.29, 0.717) is 18.5 Å². The van der Waals surface area contributed by atoms with Crippen LogP contribution in [0.4, 0.5) is 10.1 Å². The van der Waals surface area contributed by atoms with Gasteiger partial charge in [0, 0.05) is 30.4 Å². The molecule has 1 aromatic rings. The van der Waals surface area contributed by atoms with Gasteiger partial charge in [-0.3, -0.25) is 0 Å². The van der Waals surface area contributed by atoms with Gasteiger partial charge in [-0.05, 0) is 43.9 Å². The zero-order chi connectivity index (χ0) is 14.5. The largest absolute Gasteiger partial charge is 0.368 e. The fraction of sp³-hybridized carbons (Fsp3) is 0.647. The van der Waals surface area contributed by atoms with Crippen molar-refractivity contribution in [2.45, 2.75) is 52.6 Å². The predicted molar refractivity (Wildman–Crippen MR) is 83.6 cm³/mol. The summed E-state index contributed by atoms with van der Waals surface area (Å²) < 4.78 is 14.2. The van der Waals surface area contributed by atoms with Crippen LogP contribution in [0.1, 0.15) is 45.6 Å². The van der Waals surface area contributed by atoms with Crippen molar-refractivity contribution in [2.24, 2.45) is 5.92 Å². The van der Waals surface area contributed by atoms with E-state index in [-0.39, 0.29) is 5.82 Å². The predicted octanol–water partition coefficient (Wildman–Crippen LogP) is 3.95. The van der Waals surface area contributed by atoms with Crippen molar-refractivity contribution in [3.8, 4) is 0 Å². The van der Waals surface area contributed by atoms with Gasteiger partial charge in [-0.2, -0.15) is 0 Å². The summed E-state index contributed by atoms with van der Waals surface area (Å²) in [6.45, 7) is 9.08. The Balaban J connectivity index is 2.15. The van der Waals surface area contributed by atoms with E-state index in [0.717, 1.165) is 30.8 Å². The lowest BCUT2D eigenvalue weighted by molar-refractivity contribution is 0.533. The highest BCUT2D eigenvalue weighted by molar-refractivity contribution is 5.56. The van der Waals surface area contributed by atoms with E-state index in [1.165, 1.54) is 12.8 Å². The van der Waals surface area contributed by atoms with Crippen LogP contribution in [-0.2, 0) is 6.54 Å². The van der Waals surface area contributed by atoms with Crippen LogP contribution in [-0.4, -0.2) is 19.1 Å². The van der Waals surface area contributed by atoms with Gasteiger partial charge in [0.1, 0.15) is 5.82 Å². The minimum Gasteiger partial charge on any atom is -0.368 e. The molecule has 0 heterocycles. The average Bonchev–Trinajstić information content (AvgIpc) is 3.22. The fourth-order valence-corrected chi connectivity index (χ4v) is 2.60. The molecule has 1 aliphatic carbocycles. The van der Waals surface area contributed by atoms with E-state index in [1.54, 1.807) is 6.07 Å². The number of anilines is 1. The van der Waals surface area contributed by atoms with Crippen LogP contribution in [0.2, 0.25) is 0 Å². The molecule has 1 fully saturated rings. The molecule has 1 saturated carbocycles. The zero-order valence-electron chi connectivity index (χ0n) is 13.0. The number of hydrogen-bond donors (Lipinski definition) is 1. The maximum absolute atomic E-state index is 14.2. The molecule has 2 nitrogen and oxygen atoms in total. The van der Waals surface area contributed by atoms with Crippen molar-refractivity contribution in [1.82, 2.24) is 5.32 Å². The monoisotopic (exact) mass is 278 g/mol. The summed E-state index contributed by atoms with van der Waals surface area (Å²) >= 11 is 0. The molecule has 0 saturated heterocycles. The quantitative estimate of drug-likeness (QED) is 0.774. The van der Waals surface area contributed by atoms with Gasteiger partial charge in [0.25, 0.3) is 0 Å². The zero-order valence-corrected chi connectivity index (χ0v) is 13.0. The Morgan fingerprint density at radius 2 is 2.10 bits per heavy atom. The summed E-state index contributed by atoms with van der Waals surface area (Å²) in [5.74, 6) is 0.501. The molecule has 0 radical (unpaired) electrons. The van der Waals surface area contributed by atoms with Crippen molar-refractivity contribution < 1.29 is 4.39 Å². The first-order valence-corrected chi connectivity index (χ1v) is 7.88. The molecule has 2 rings (SSSR count). The van der Waals surface area contributed by atoms with Crippen molar-refractivity contribution in [2.75, 3.05) is 18.0 Å². The highest BCUT2D eigenvalue weighted by Crippen LogP contribution is 2.34. The molecule has 112 valence electrons. The summed E-state index contributed by atoms with van der Waals surface area (Å²) in [6, 6.07) is 6.11. The smallest absolute Gasteiger partial charge is 0.129 e. The van der Waals surface area contributed by atoms with Crippen molar-refractivity contribution in [3.63, 3.8) is 0 Å². The van der Waals surface area contributed by atoms with Crippen molar-refractivity contribution in [3.05, 3.63) is 29.6 Å². The van der Waals surface area contributed by atoms with Gasteiger partial charge in [-0.15, -0.1) is 0 Å². The summed E-state index contributed by atoms with van der Waals surface area (Å²) in [4.78, 5) is 2.40. The second-order valence-electron chi connectivity index (χ2n) is 6.19. The van der Waals surface area contributed by atoms with Gasteiger partial charge >= 0.3 is 0 Å². The molecular weight excluding hydrogens is 251 g/mol. The van der Waals surface area contributed by atoms with Crippen LogP contribution in [0.15, 0.2) is 18.2 Å². The summed E-state index contributed by atoms with van der Waals surface area (Å²) in [6.07, 6.45) is 3.59. The molecule has 1 aliphatic rings. The fourth-order valence-electron chi connectivity index (χ4n) is 2.60. The Labute approximate surface area is 122 Å². The second kappa shape index (κ2) is 7.07. The molecule has 1 N–H and O–H groups in total. The first-order valence-electron chi connectivity index (χ1n) is 7.88. The van der Waals surface area contributed by atoms with Crippen LogP contribution in [0.25, 0.3) is 0 Å². The van der Waals surface area contributed by atoms with E-state index >= 15 is 0 Å². The second-order valence-corrected chi connectivity index (χ2v) is 6.19. The molecule has 0 aliphatic heterocycles. The lowest BCUT2D eigenvalue weighted by Gasteiger charge is -2.27. The van der Waals surface area contributed by atoms with Gasteiger partial charge < -0.3 is 10.2 Å². The van der Waals surface area contributed by atoms with Crippen molar-refractivity contribution in [1.29, 1.82) is 0 Å². The van der Waals surface area contributed by atoms with Crippen LogP contribution in [0.5, 0.6) is 0 Å². The van der Waals surface area contributed by atoms with Gasteiger partial charge in [0.2, 0.25) is 0 Å². The Hall–Kier alpha value is -1.09. The van der Waals surface area contributed by atoms with E-state index in [2.05, 4.69) is 37.1 Å². The molecule has 20 heavy (non-hydrogen) atoms. The highest BCUT2D eigenvalue weighted by atomic mass is 19.1. The molecule has 0 unspecified atom stereocenters. The number of rotatable bonds is 8. The molecular formula is C17H27FN2. The summed E-state index contributed by atoms with van der Waals surface area (Å²) in [7, 11) is 0. The lowest BCUT2D eigenvalue weighted by atomic mass is 10.1. The van der Waals surface area contributed by atoms with Crippen LogP contribution in [0, 0.1) is 11.7 Å². The standard InChI is InChI=1S/C17H27FN2/c1-4-10-20(14-8-9-14)17-7-5-6-16(18)15(17)12-19-11-13(2)3/h5-7,13-14,19H,4,8-12H2,1-3H3. The molecule has 0 aromatic heterocycles. The number of nitrogens with one attached hydrogen (secondary N) is 1. The Kier molecular flexibility index (Phi) is 5.41. The number of benzene rings is 1. The number of hydrogen-bond acceptors (Lipinski definition) is 2. The summed E-state index contributed by atoms with van der Waals surface area (Å²) in [5.41, 5.74) is 1.92. The first kappa shape index (κ1) is 15.3. The Morgan fingerprint density at radius 3 is 2.70 bits per heavy atom. The maximum Gasteiger partial charge on any atom is 0.129 e. The minimum absolute atomic E-state index is 0.0829. The van der Waals surface area contributed by atoms with E-state index < -0.39 is 0 Å². The number of halogens is 1. The topological polar surface area (TPSA) is 15.3 Å². The lowest BCUT2D eigenvalue weighted by Crippen LogP contribution is -2.29. The first-order chi connectivity index (χ1) is 9.63. The van der Waals surface area contributed by atoms with Crippen LogP contribution >= 0.6 is 0 Å². The molecule has 0 atom stereocenters. The molecule has 1 aromatic carbocycles. The van der Waals surface area contributed by atoms with E-state index in [4.69, 9.17) is 0 Å². The third-order valence-corrected chi connectivity index (χ3v) is 3.71. The van der Waals surface area contributed by atoms with Gasteiger partial charge in [0.05, 0.1) is 0 Å². The third-order valence-electron chi connectivity index (χ3n) is 3.71. The van der Waals surface area contributed by atoms with Gasteiger partial charge in [-0.1, -0.05) is 26.8 Å². The third kappa shape index (κ3) is 3.95. The normalized spacial score (nSPS) is 14.8. The maximum atomic E-state index is 14.2. The SMILES string of the molecule is CCCN(c1cccc(F)c1CNCC(C)C)C1CC1. The van der Waals surface area contributed by atoms with Crippen molar-refractivity contribution >= 4 is 5.69 Å². The number of nitrogens with zero attached hydrogens (tertiary/aromatic N) is 1. The van der Waals surface area contributed by atoms with Gasteiger partial charge in [0.15, 0.2) is 0 Å². The van der Waals surface area contributed by atoms with E-state index in [9.17, 15) is 4.39 Å². The van der Waals surface area contributed by atoms with Gasteiger partial charge in [-0.25, -0.2) is 4.39 Å².